The Kier molecular flexibility index (Phi) is 7.59. The molecular formula is C22H22N4OS. The average molecular weight is 391 g/mol. The second kappa shape index (κ2) is 10.9. The van der Waals surface area contributed by atoms with Crippen LogP contribution in [0.1, 0.15) is 31.2 Å². The molecule has 0 fully saturated rings. The zero-order valence-corrected chi connectivity index (χ0v) is 16.4. The fourth-order valence-electron chi connectivity index (χ4n) is 2.55. The lowest BCUT2D eigenvalue weighted by atomic mass is 10.2. The summed E-state index contributed by atoms with van der Waals surface area (Å²) in [4.78, 5) is 4.54. The molecule has 0 atom stereocenters. The van der Waals surface area contributed by atoms with Crippen molar-refractivity contribution in [3.8, 4) is 23.1 Å². The molecule has 0 aliphatic carbocycles. The average Bonchev–Trinajstić information content (AvgIpc) is 3.21. The van der Waals surface area contributed by atoms with Gasteiger partial charge in [0.1, 0.15) is 5.75 Å². The number of hydrogen-bond donors (Lipinski definition) is 1. The van der Waals surface area contributed by atoms with E-state index in [9.17, 15) is 0 Å². The van der Waals surface area contributed by atoms with E-state index in [0.717, 1.165) is 47.0 Å². The topological polar surface area (TPSA) is 70.3 Å². The molecular weight excluding hydrogens is 368 g/mol. The molecule has 142 valence electrons. The number of hydrogen-bond acceptors (Lipinski definition) is 6. The van der Waals surface area contributed by atoms with E-state index in [1.807, 2.05) is 60.0 Å². The van der Waals surface area contributed by atoms with Gasteiger partial charge in [0.2, 0.25) is 5.13 Å². The molecule has 0 spiro atoms. The van der Waals surface area contributed by atoms with Crippen LogP contribution < -0.4 is 10.2 Å². The largest absolute Gasteiger partial charge is 0.494 e. The highest BCUT2D eigenvalue weighted by atomic mass is 32.1. The van der Waals surface area contributed by atoms with Gasteiger partial charge in [-0.15, -0.1) is 11.3 Å². The highest BCUT2D eigenvalue weighted by molar-refractivity contribution is 7.14. The zero-order chi connectivity index (χ0) is 19.4. The minimum Gasteiger partial charge on any atom is -0.494 e. The molecule has 0 saturated heterocycles. The van der Waals surface area contributed by atoms with Crippen molar-refractivity contribution in [1.29, 1.82) is 5.26 Å². The highest BCUT2D eigenvalue weighted by Crippen LogP contribution is 2.24. The van der Waals surface area contributed by atoms with Gasteiger partial charge in [-0.3, -0.25) is 5.43 Å². The van der Waals surface area contributed by atoms with Gasteiger partial charge in [-0.1, -0.05) is 30.3 Å². The van der Waals surface area contributed by atoms with E-state index in [4.69, 9.17) is 10.00 Å². The number of thiazole rings is 1. The number of anilines is 1. The maximum atomic E-state index is 8.50. The van der Waals surface area contributed by atoms with Crippen molar-refractivity contribution in [2.45, 2.75) is 25.7 Å². The lowest BCUT2D eigenvalue weighted by Gasteiger charge is -2.05. The summed E-state index contributed by atoms with van der Waals surface area (Å²) in [6, 6.07) is 20.0. The van der Waals surface area contributed by atoms with E-state index >= 15 is 0 Å². The first-order chi connectivity index (χ1) is 13.8. The number of benzene rings is 2. The van der Waals surface area contributed by atoms with Crippen molar-refractivity contribution in [2.24, 2.45) is 5.10 Å². The Labute approximate surface area is 169 Å². The first-order valence-electron chi connectivity index (χ1n) is 9.25. The summed E-state index contributed by atoms with van der Waals surface area (Å²) in [7, 11) is 0. The van der Waals surface area contributed by atoms with Crippen LogP contribution in [0.5, 0.6) is 5.75 Å². The standard InChI is InChI=1S/C22H22N4OS/c23-14-6-1-2-7-15-27-20-12-10-18(11-13-20)16-24-26-22-25-21(17-28-22)19-8-4-3-5-9-19/h3-5,8-13,16-17H,1-2,6-7,15H2,(H,25,26). The summed E-state index contributed by atoms with van der Waals surface area (Å²) in [6.07, 6.45) is 5.31. The second-order valence-corrected chi connectivity index (χ2v) is 7.02. The van der Waals surface area contributed by atoms with Crippen LogP contribution in [0.4, 0.5) is 5.13 Å². The molecule has 0 unspecified atom stereocenters. The molecule has 0 aliphatic rings. The van der Waals surface area contributed by atoms with Crippen LogP contribution >= 0.6 is 11.3 Å². The van der Waals surface area contributed by atoms with Gasteiger partial charge in [-0.05, 0) is 49.1 Å². The van der Waals surface area contributed by atoms with Crippen LogP contribution in [0.2, 0.25) is 0 Å². The summed E-state index contributed by atoms with van der Waals surface area (Å²) in [5.41, 5.74) is 6.00. The third-order valence-corrected chi connectivity index (χ3v) is 4.78. The van der Waals surface area contributed by atoms with E-state index in [1.165, 1.54) is 11.3 Å². The van der Waals surface area contributed by atoms with Gasteiger partial charge in [0, 0.05) is 17.4 Å². The minimum absolute atomic E-state index is 0.622. The molecule has 6 heteroatoms. The van der Waals surface area contributed by atoms with E-state index in [0.29, 0.717) is 13.0 Å². The quantitative estimate of drug-likeness (QED) is 0.273. The van der Waals surface area contributed by atoms with Crippen LogP contribution in [0.3, 0.4) is 0 Å². The van der Waals surface area contributed by atoms with Gasteiger partial charge < -0.3 is 4.74 Å². The maximum absolute atomic E-state index is 8.50. The van der Waals surface area contributed by atoms with Gasteiger partial charge in [-0.25, -0.2) is 4.98 Å². The number of unbranched alkanes of at least 4 members (excludes halogenated alkanes) is 3. The summed E-state index contributed by atoms with van der Waals surface area (Å²) >= 11 is 1.52. The number of ether oxygens (including phenoxy) is 1. The molecule has 2 aromatic carbocycles. The molecule has 28 heavy (non-hydrogen) atoms. The Bertz CT molecular complexity index is 914. The summed E-state index contributed by atoms with van der Waals surface area (Å²) < 4.78 is 5.71. The molecule has 3 aromatic rings. The van der Waals surface area contributed by atoms with Gasteiger partial charge in [0.15, 0.2) is 0 Å². The van der Waals surface area contributed by atoms with Gasteiger partial charge >= 0.3 is 0 Å². The molecule has 0 aliphatic heterocycles. The van der Waals surface area contributed by atoms with Crippen molar-refractivity contribution in [3.05, 3.63) is 65.5 Å². The highest BCUT2D eigenvalue weighted by Gasteiger charge is 2.02. The predicted molar refractivity (Wildman–Crippen MR) is 115 cm³/mol. The Hall–Kier alpha value is -3.17. The van der Waals surface area contributed by atoms with Crippen molar-refractivity contribution in [1.82, 2.24) is 4.98 Å². The summed E-state index contributed by atoms with van der Waals surface area (Å²) in [5.74, 6) is 0.845. The Balaban J connectivity index is 1.44. The first kappa shape index (κ1) is 19.6. The fourth-order valence-corrected chi connectivity index (χ4v) is 3.22. The van der Waals surface area contributed by atoms with Gasteiger partial charge in [-0.2, -0.15) is 10.4 Å². The van der Waals surface area contributed by atoms with Crippen LogP contribution in [0.15, 0.2) is 65.1 Å². The van der Waals surface area contributed by atoms with Crippen molar-refractivity contribution in [3.63, 3.8) is 0 Å². The van der Waals surface area contributed by atoms with Crippen molar-refractivity contribution < 1.29 is 4.74 Å². The van der Waals surface area contributed by atoms with E-state index in [2.05, 4.69) is 21.6 Å². The molecule has 1 aromatic heterocycles. The number of nitrogens with zero attached hydrogens (tertiary/aromatic N) is 3. The SMILES string of the molecule is N#CCCCCCOc1ccc(C=NNc2nc(-c3ccccc3)cs2)cc1. The van der Waals surface area contributed by atoms with Crippen LogP contribution in [-0.4, -0.2) is 17.8 Å². The molecule has 1 heterocycles. The molecule has 0 bridgehead atoms. The van der Waals surface area contributed by atoms with Crippen molar-refractivity contribution >= 4 is 22.7 Å². The molecule has 0 radical (unpaired) electrons. The molecule has 0 saturated carbocycles. The Morgan fingerprint density at radius 1 is 1.07 bits per heavy atom. The number of hydrazone groups is 1. The monoisotopic (exact) mass is 390 g/mol. The smallest absolute Gasteiger partial charge is 0.203 e. The van der Waals surface area contributed by atoms with Gasteiger partial charge in [0.05, 0.1) is 24.6 Å². The molecule has 3 rings (SSSR count). The van der Waals surface area contributed by atoms with E-state index < -0.39 is 0 Å². The molecule has 5 nitrogen and oxygen atoms in total. The molecule has 0 amide bonds. The van der Waals surface area contributed by atoms with E-state index in [-0.39, 0.29) is 0 Å². The van der Waals surface area contributed by atoms with Gasteiger partial charge in [0.25, 0.3) is 0 Å². The Morgan fingerprint density at radius 3 is 2.68 bits per heavy atom. The third kappa shape index (κ3) is 6.22. The number of nitrogens with one attached hydrogen (secondary N) is 1. The summed E-state index contributed by atoms with van der Waals surface area (Å²) in [5, 5.41) is 15.5. The lowest BCUT2D eigenvalue weighted by molar-refractivity contribution is 0.305. The second-order valence-electron chi connectivity index (χ2n) is 6.16. The lowest BCUT2D eigenvalue weighted by Crippen LogP contribution is -1.97. The number of rotatable bonds is 10. The zero-order valence-electron chi connectivity index (χ0n) is 15.5. The third-order valence-electron chi connectivity index (χ3n) is 4.03. The minimum atomic E-state index is 0.622. The fraction of sp³-hybridized carbons (Fsp3) is 0.227. The summed E-state index contributed by atoms with van der Waals surface area (Å²) in [6.45, 7) is 0.675. The normalized spacial score (nSPS) is 10.7. The van der Waals surface area contributed by atoms with Crippen LogP contribution in [0.25, 0.3) is 11.3 Å². The van der Waals surface area contributed by atoms with Crippen LogP contribution in [0, 0.1) is 11.3 Å². The van der Waals surface area contributed by atoms with E-state index in [1.54, 1.807) is 6.21 Å². The predicted octanol–water partition coefficient (Wildman–Crippen LogP) is 5.72. The Morgan fingerprint density at radius 2 is 1.89 bits per heavy atom. The van der Waals surface area contributed by atoms with Crippen molar-refractivity contribution in [2.75, 3.05) is 12.0 Å². The number of nitriles is 1. The number of aromatic nitrogens is 1. The first-order valence-corrected chi connectivity index (χ1v) is 10.1. The maximum Gasteiger partial charge on any atom is 0.203 e. The van der Waals surface area contributed by atoms with Crippen LogP contribution in [-0.2, 0) is 0 Å². The molecule has 1 N–H and O–H groups in total.